The summed E-state index contributed by atoms with van der Waals surface area (Å²) in [5, 5.41) is 16.9. The van der Waals surface area contributed by atoms with E-state index in [2.05, 4.69) is 45.7 Å². The number of hydrogen-bond donors (Lipinski definition) is 2. The van der Waals surface area contributed by atoms with Crippen LogP contribution in [0.15, 0.2) is 54.0 Å². The molecule has 4 heteroatoms. The van der Waals surface area contributed by atoms with Crippen molar-refractivity contribution in [1.29, 1.82) is 0 Å². The standard InChI is InChI=1S/C16H18N2OS/c1-17-11-14(19)16(15-7-4-10-20-15)18-9-8-12-5-2-3-6-13(12)18/h2-10,14,16-17,19H,11H2,1H3/t14?,16-/m1/s1. The number of hydrogen-bond acceptors (Lipinski definition) is 3. The first-order valence-corrected chi connectivity index (χ1v) is 7.61. The summed E-state index contributed by atoms with van der Waals surface area (Å²) in [5.74, 6) is 0. The zero-order valence-electron chi connectivity index (χ0n) is 11.4. The van der Waals surface area contributed by atoms with E-state index in [1.807, 2.05) is 25.2 Å². The lowest BCUT2D eigenvalue weighted by Gasteiger charge is -2.24. The van der Waals surface area contributed by atoms with Gasteiger partial charge in [-0.1, -0.05) is 24.3 Å². The van der Waals surface area contributed by atoms with Crippen LogP contribution >= 0.6 is 11.3 Å². The highest BCUT2D eigenvalue weighted by Crippen LogP contribution is 2.30. The minimum Gasteiger partial charge on any atom is -0.389 e. The molecule has 0 aliphatic heterocycles. The van der Waals surface area contributed by atoms with Gasteiger partial charge < -0.3 is 15.0 Å². The number of rotatable bonds is 5. The molecule has 1 aromatic carbocycles. The Morgan fingerprint density at radius 2 is 2.05 bits per heavy atom. The molecule has 0 aliphatic carbocycles. The van der Waals surface area contributed by atoms with Gasteiger partial charge in [-0.3, -0.25) is 0 Å². The highest BCUT2D eigenvalue weighted by molar-refractivity contribution is 7.10. The van der Waals surface area contributed by atoms with Gasteiger partial charge in [-0.05, 0) is 36.0 Å². The molecule has 0 bridgehead atoms. The van der Waals surface area contributed by atoms with E-state index in [0.717, 1.165) is 5.52 Å². The summed E-state index contributed by atoms with van der Waals surface area (Å²) in [4.78, 5) is 1.18. The predicted octanol–water partition coefficient (Wildman–Crippen LogP) is 2.87. The van der Waals surface area contributed by atoms with Gasteiger partial charge in [0.15, 0.2) is 0 Å². The van der Waals surface area contributed by atoms with Crippen LogP contribution in [0.25, 0.3) is 10.9 Å². The van der Waals surface area contributed by atoms with Crippen LogP contribution in [0.4, 0.5) is 0 Å². The third-order valence-corrected chi connectivity index (χ3v) is 4.48. The van der Waals surface area contributed by atoms with E-state index in [9.17, 15) is 5.11 Å². The molecule has 0 aliphatic rings. The molecular formula is C16H18N2OS. The van der Waals surface area contributed by atoms with Gasteiger partial charge in [-0.2, -0.15) is 0 Å². The SMILES string of the molecule is CNCC(O)[C@H](c1cccs1)n1ccc2ccccc21. The van der Waals surface area contributed by atoms with Crippen molar-refractivity contribution in [1.82, 2.24) is 9.88 Å². The van der Waals surface area contributed by atoms with E-state index in [4.69, 9.17) is 0 Å². The zero-order valence-corrected chi connectivity index (χ0v) is 12.2. The number of aromatic nitrogens is 1. The van der Waals surface area contributed by atoms with Crippen LogP contribution in [0.5, 0.6) is 0 Å². The summed E-state index contributed by atoms with van der Waals surface area (Å²) >= 11 is 1.68. The highest BCUT2D eigenvalue weighted by atomic mass is 32.1. The Bertz CT molecular complexity index is 675. The summed E-state index contributed by atoms with van der Waals surface area (Å²) < 4.78 is 2.17. The van der Waals surface area contributed by atoms with E-state index in [1.165, 1.54) is 10.3 Å². The summed E-state index contributed by atoms with van der Waals surface area (Å²) in [6.07, 6.45) is 1.60. The van der Waals surface area contributed by atoms with Crippen molar-refractivity contribution in [3.05, 3.63) is 58.9 Å². The monoisotopic (exact) mass is 286 g/mol. The van der Waals surface area contributed by atoms with E-state index >= 15 is 0 Å². The Balaban J connectivity index is 2.09. The van der Waals surface area contributed by atoms with Crippen LogP contribution in [0.3, 0.4) is 0 Å². The first-order valence-electron chi connectivity index (χ1n) is 6.73. The number of benzene rings is 1. The van der Waals surface area contributed by atoms with Crippen molar-refractivity contribution >= 4 is 22.2 Å². The molecule has 2 aromatic heterocycles. The second kappa shape index (κ2) is 5.79. The second-order valence-electron chi connectivity index (χ2n) is 4.87. The van der Waals surface area contributed by atoms with Gasteiger partial charge in [-0.25, -0.2) is 0 Å². The Morgan fingerprint density at radius 1 is 1.20 bits per heavy atom. The van der Waals surface area contributed by atoms with Gasteiger partial charge in [0.1, 0.15) is 0 Å². The van der Waals surface area contributed by atoms with Gasteiger partial charge in [0, 0.05) is 23.1 Å². The number of nitrogens with zero attached hydrogens (tertiary/aromatic N) is 1. The minimum absolute atomic E-state index is 0.0534. The van der Waals surface area contributed by atoms with Crippen LogP contribution in [-0.4, -0.2) is 29.4 Å². The van der Waals surface area contributed by atoms with Crippen LogP contribution in [0.2, 0.25) is 0 Å². The maximum atomic E-state index is 10.5. The lowest BCUT2D eigenvalue weighted by Crippen LogP contribution is -2.32. The minimum atomic E-state index is -0.463. The normalized spacial score (nSPS) is 14.5. The number of fused-ring (bicyclic) bond motifs is 1. The van der Waals surface area contributed by atoms with Crippen LogP contribution in [-0.2, 0) is 0 Å². The Morgan fingerprint density at radius 3 is 2.80 bits per heavy atom. The molecule has 0 saturated carbocycles. The molecule has 2 heterocycles. The van der Waals surface area contributed by atoms with Gasteiger partial charge in [-0.15, -0.1) is 11.3 Å². The fourth-order valence-corrected chi connectivity index (χ4v) is 3.52. The third-order valence-electron chi connectivity index (χ3n) is 3.54. The first kappa shape index (κ1) is 13.4. The Labute approximate surface area is 122 Å². The molecular weight excluding hydrogens is 268 g/mol. The predicted molar refractivity (Wildman–Crippen MR) is 84.3 cm³/mol. The van der Waals surface area contributed by atoms with Crippen molar-refractivity contribution < 1.29 is 5.11 Å². The Hall–Kier alpha value is -1.62. The van der Waals surface area contributed by atoms with E-state index in [1.54, 1.807) is 11.3 Å². The van der Waals surface area contributed by atoms with Crippen LogP contribution in [0, 0.1) is 0 Å². The average Bonchev–Trinajstić information content (AvgIpc) is 3.10. The molecule has 20 heavy (non-hydrogen) atoms. The van der Waals surface area contributed by atoms with Crippen molar-refractivity contribution in [2.24, 2.45) is 0 Å². The van der Waals surface area contributed by atoms with Crippen LogP contribution in [0.1, 0.15) is 10.9 Å². The Kier molecular flexibility index (Phi) is 3.87. The number of para-hydroxylation sites is 1. The molecule has 0 spiro atoms. The van der Waals surface area contributed by atoms with Crippen molar-refractivity contribution in [3.63, 3.8) is 0 Å². The maximum absolute atomic E-state index is 10.5. The summed E-state index contributed by atoms with van der Waals surface area (Å²) in [6.45, 7) is 0.565. The van der Waals surface area contributed by atoms with Crippen molar-refractivity contribution in [2.45, 2.75) is 12.1 Å². The van der Waals surface area contributed by atoms with Crippen molar-refractivity contribution in [3.8, 4) is 0 Å². The number of nitrogens with one attached hydrogen (secondary N) is 1. The van der Waals surface area contributed by atoms with E-state index < -0.39 is 6.10 Å². The fourth-order valence-electron chi connectivity index (χ4n) is 2.64. The third kappa shape index (κ3) is 2.38. The number of thiophene rings is 1. The summed E-state index contributed by atoms with van der Waals surface area (Å²) in [5.41, 5.74) is 1.15. The molecule has 0 fully saturated rings. The molecule has 104 valence electrons. The largest absolute Gasteiger partial charge is 0.389 e. The van der Waals surface area contributed by atoms with E-state index in [0.29, 0.717) is 6.54 Å². The fraction of sp³-hybridized carbons (Fsp3) is 0.250. The maximum Gasteiger partial charge on any atom is 0.0949 e. The molecule has 3 aromatic rings. The van der Waals surface area contributed by atoms with Gasteiger partial charge in [0.25, 0.3) is 0 Å². The van der Waals surface area contributed by atoms with E-state index in [-0.39, 0.29) is 6.04 Å². The lowest BCUT2D eigenvalue weighted by atomic mass is 10.1. The summed E-state index contributed by atoms with van der Waals surface area (Å²) in [7, 11) is 1.86. The van der Waals surface area contributed by atoms with Gasteiger partial charge in [0.05, 0.1) is 12.1 Å². The summed E-state index contributed by atoms with van der Waals surface area (Å²) in [6, 6.07) is 14.4. The molecule has 3 nitrogen and oxygen atoms in total. The number of aliphatic hydroxyl groups is 1. The first-order chi connectivity index (χ1) is 9.81. The number of likely N-dealkylation sites (N-methyl/N-ethyl adjacent to an activating group) is 1. The molecule has 2 atom stereocenters. The van der Waals surface area contributed by atoms with Crippen molar-refractivity contribution in [2.75, 3.05) is 13.6 Å². The topological polar surface area (TPSA) is 37.2 Å². The molecule has 0 saturated heterocycles. The molecule has 0 radical (unpaired) electrons. The van der Waals surface area contributed by atoms with Crippen LogP contribution < -0.4 is 5.32 Å². The number of aliphatic hydroxyl groups excluding tert-OH is 1. The molecule has 3 rings (SSSR count). The molecule has 0 amide bonds. The quantitative estimate of drug-likeness (QED) is 0.757. The van der Waals surface area contributed by atoms with Gasteiger partial charge >= 0.3 is 0 Å². The molecule has 2 N–H and O–H groups in total. The zero-order chi connectivity index (χ0) is 13.9. The highest BCUT2D eigenvalue weighted by Gasteiger charge is 2.24. The average molecular weight is 286 g/mol. The molecule has 1 unspecified atom stereocenters. The smallest absolute Gasteiger partial charge is 0.0949 e. The lowest BCUT2D eigenvalue weighted by molar-refractivity contribution is 0.134. The van der Waals surface area contributed by atoms with Gasteiger partial charge in [0.2, 0.25) is 0 Å². The second-order valence-corrected chi connectivity index (χ2v) is 5.85.